The summed E-state index contributed by atoms with van der Waals surface area (Å²) in [5.74, 6) is -3.75. The van der Waals surface area contributed by atoms with E-state index in [1.165, 1.54) is 12.1 Å². The summed E-state index contributed by atoms with van der Waals surface area (Å²) >= 11 is 0. The zero-order chi connectivity index (χ0) is 25.8. The van der Waals surface area contributed by atoms with Gasteiger partial charge in [-0.05, 0) is 30.7 Å². The minimum atomic E-state index is -1.25. The quantitative estimate of drug-likeness (QED) is 0.426. The summed E-state index contributed by atoms with van der Waals surface area (Å²) in [6.45, 7) is -0.180. The van der Waals surface area contributed by atoms with Gasteiger partial charge in [-0.3, -0.25) is 29.0 Å². The number of benzene rings is 3. The number of imide groups is 2. The molecule has 186 valence electrons. The molecule has 3 aromatic carbocycles. The number of β-amino-alcohol motifs (C(OH)–C–C–N with tert-alkyl or cyclic N) is 1. The molecule has 1 fully saturated rings. The van der Waals surface area contributed by atoms with Crippen LogP contribution in [-0.2, 0) is 16.1 Å². The van der Waals surface area contributed by atoms with Crippen LogP contribution >= 0.6 is 0 Å². The van der Waals surface area contributed by atoms with Crippen LogP contribution in [0.25, 0.3) is 21.8 Å². The number of halogens is 1. The summed E-state index contributed by atoms with van der Waals surface area (Å²) in [6, 6.07) is 18.0. The molecule has 1 aromatic heterocycles. The summed E-state index contributed by atoms with van der Waals surface area (Å²) in [5.41, 5.74) is 1.35. The highest BCUT2D eigenvalue weighted by atomic mass is 19.1. The van der Waals surface area contributed by atoms with E-state index in [9.17, 15) is 28.7 Å². The minimum absolute atomic E-state index is 0.0514. The molecule has 0 radical (unpaired) electrons. The molecule has 37 heavy (non-hydrogen) atoms. The van der Waals surface area contributed by atoms with Crippen LogP contribution in [0, 0.1) is 5.82 Å². The Bertz CT molecular complexity index is 1570. The van der Waals surface area contributed by atoms with Crippen molar-refractivity contribution in [2.24, 2.45) is 0 Å². The highest BCUT2D eigenvalue weighted by molar-refractivity contribution is 6.23. The Morgan fingerprint density at radius 3 is 2.14 bits per heavy atom. The molecule has 0 aliphatic carbocycles. The van der Waals surface area contributed by atoms with E-state index >= 15 is 0 Å². The van der Waals surface area contributed by atoms with Crippen molar-refractivity contribution in [1.82, 2.24) is 14.4 Å². The predicted octanol–water partition coefficient (Wildman–Crippen LogP) is 3.11. The minimum Gasteiger partial charge on any atom is -0.389 e. The van der Waals surface area contributed by atoms with Crippen LogP contribution in [0.3, 0.4) is 0 Å². The smallest absolute Gasteiger partial charge is 0.265 e. The summed E-state index contributed by atoms with van der Waals surface area (Å²) in [7, 11) is 0. The average molecular weight is 499 g/mol. The van der Waals surface area contributed by atoms with Gasteiger partial charge in [-0.1, -0.05) is 42.5 Å². The third-order valence-corrected chi connectivity index (χ3v) is 7.16. The van der Waals surface area contributed by atoms with Gasteiger partial charge in [0.05, 0.1) is 30.3 Å². The van der Waals surface area contributed by atoms with Gasteiger partial charge in [-0.25, -0.2) is 4.39 Å². The van der Waals surface area contributed by atoms with E-state index in [4.69, 9.17) is 0 Å². The topological polar surface area (TPSA) is 99.9 Å². The Hall–Kier alpha value is -4.37. The first-order chi connectivity index (χ1) is 17.9. The summed E-state index contributed by atoms with van der Waals surface area (Å²) in [5, 5.41) is 13.0. The number of aliphatic hydroxyl groups is 1. The van der Waals surface area contributed by atoms with Crippen LogP contribution in [0.15, 0.2) is 66.7 Å². The van der Waals surface area contributed by atoms with Gasteiger partial charge in [0.2, 0.25) is 5.91 Å². The Balaban J connectivity index is 1.26. The fourth-order valence-electron chi connectivity index (χ4n) is 5.48. The number of rotatable bonds is 5. The van der Waals surface area contributed by atoms with Crippen LogP contribution in [-0.4, -0.2) is 61.8 Å². The standard InChI is InChI=1S/C28H22FN3O5/c29-20-9-5-8-19-25(20)28(37)32(26(19)35)23-12-13-24(34)31(27(23)36)15-16(33)14-30-21-10-3-1-6-17(21)18-7-2-4-11-22(18)30/h1-11,16,23,33H,12-15H2. The van der Waals surface area contributed by atoms with Crippen LogP contribution < -0.4 is 0 Å². The number of fused-ring (bicyclic) bond motifs is 4. The van der Waals surface area contributed by atoms with Gasteiger partial charge >= 0.3 is 0 Å². The maximum atomic E-state index is 14.3. The molecule has 6 rings (SSSR count). The number of likely N-dealkylation sites (tertiary alicyclic amines) is 1. The van der Waals surface area contributed by atoms with E-state index in [0.29, 0.717) is 0 Å². The number of para-hydroxylation sites is 2. The monoisotopic (exact) mass is 499 g/mol. The largest absolute Gasteiger partial charge is 0.389 e. The Morgan fingerprint density at radius 2 is 1.49 bits per heavy atom. The first-order valence-corrected chi connectivity index (χ1v) is 12.0. The molecule has 2 atom stereocenters. The molecule has 9 heteroatoms. The van der Waals surface area contributed by atoms with E-state index in [0.717, 1.165) is 37.7 Å². The van der Waals surface area contributed by atoms with Crippen molar-refractivity contribution in [3.05, 3.63) is 83.7 Å². The first kappa shape index (κ1) is 23.1. The number of aliphatic hydroxyl groups excluding tert-OH is 1. The number of piperidine rings is 1. The highest BCUT2D eigenvalue weighted by Crippen LogP contribution is 2.32. The van der Waals surface area contributed by atoms with Gasteiger partial charge in [0.25, 0.3) is 17.7 Å². The molecule has 3 heterocycles. The fourth-order valence-corrected chi connectivity index (χ4v) is 5.48. The number of carbonyl (C=O) groups excluding carboxylic acids is 4. The van der Waals surface area contributed by atoms with Crippen molar-refractivity contribution >= 4 is 45.4 Å². The molecule has 0 bridgehead atoms. The second-order valence-electron chi connectivity index (χ2n) is 9.34. The lowest BCUT2D eigenvalue weighted by Gasteiger charge is -2.35. The van der Waals surface area contributed by atoms with E-state index in [2.05, 4.69) is 0 Å². The molecule has 2 aliphatic rings. The molecule has 4 amide bonds. The highest BCUT2D eigenvalue weighted by Gasteiger charge is 2.48. The molecule has 8 nitrogen and oxygen atoms in total. The third-order valence-electron chi connectivity index (χ3n) is 7.16. The van der Waals surface area contributed by atoms with Crippen molar-refractivity contribution in [2.45, 2.75) is 31.5 Å². The van der Waals surface area contributed by atoms with E-state index < -0.39 is 41.6 Å². The maximum absolute atomic E-state index is 14.3. The number of hydrogen-bond donors (Lipinski definition) is 1. The normalized spacial score (nSPS) is 18.8. The van der Waals surface area contributed by atoms with Gasteiger partial charge in [0.15, 0.2) is 0 Å². The molecule has 2 unspecified atom stereocenters. The molecule has 0 spiro atoms. The lowest BCUT2D eigenvalue weighted by atomic mass is 10.0. The number of aromatic nitrogens is 1. The van der Waals surface area contributed by atoms with Gasteiger partial charge in [0, 0.05) is 28.2 Å². The molecule has 1 N–H and O–H groups in total. The Labute approximate surface area is 210 Å². The van der Waals surface area contributed by atoms with E-state index in [-0.39, 0.29) is 37.1 Å². The molecular weight excluding hydrogens is 477 g/mol. The van der Waals surface area contributed by atoms with E-state index in [1.807, 2.05) is 53.1 Å². The first-order valence-electron chi connectivity index (χ1n) is 12.0. The molecular formula is C28H22FN3O5. The van der Waals surface area contributed by atoms with Crippen molar-refractivity contribution in [3.63, 3.8) is 0 Å². The third kappa shape index (κ3) is 3.54. The molecule has 1 saturated heterocycles. The number of nitrogens with zero attached hydrogens (tertiary/aromatic N) is 3. The zero-order valence-electron chi connectivity index (χ0n) is 19.6. The van der Waals surface area contributed by atoms with Crippen molar-refractivity contribution in [2.75, 3.05) is 6.54 Å². The molecule has 4 aromatic rings. The second kappa shape index (κ2) is 8.63. The zero-order valence-corrected chi connectivity index (χ0v) is 19.6. The van der Waals surface area contributed by atoms with Crippen LogP contribution in [0.4, 0.5) is 4.39 Å². The van der Waals surface area contributed by atoms with Crippen LogP contribution in [0.5, 0.6) is 0 Å². The van der Waals surface area contributed by atoms with Crippen molar-refractivity contribution in [3.8, 4) is 0 Å². The second-order valence-corrected chi connectivity index (χ2v) is 9.34. The summed E-state index contributed by atoms with van der Waals surface area (Å²) in [4.78, 5) is 53.5. The van der Waals surface area contributed by atoms with Crippen molar-refractivity contribution in [1.29, 1.82) is 0 Å². The van der Waals surface area contributed by atoms with Crippen LogP contribution in [0.1, 0.15) is 33.6 Å². The molecule has 0 saturated carbocycles. The van der Waals surface area contributed by atoms with Crippen molar-refractivity contribution < 1.29 is 28.7 Å². The fraction of sp³-hybridized carbons (Fsp3) is 0.214. The maximum Gasteiger partial charge on any atom is 0.265 e. The van der Waals surface area contributed by atoms with Gasteiger partial charge in [-0.2, -0.15) is 0 Å². The lowest BCUT2D eigenvalue weighted by Crippen LogP contribution is -2.57. The van der Waals surface area contributed by atoms with Gasteiger partial charge < -0.3 is 9.67 Å². The molecule has 2 aliphatic heterocycles. The summed E-state index contributed by atoms with van der Waals surface area (Å²) in [6.07, 6.45) is -1.25. The van der Waals surface area contributed by atoms with E-state index in [1.54, 1.807) is 0 Å². The Morgan fingerprint density at radius 1 is 0.838 bits per heavy atom. The summed E-state index contributed by atoms with van der Waals surface area (Å²) < 4.78 is 16.2. The van der Waals surface area contributed by atoms with Gasteiger partial charge in [-0.15, -0.1) is 0 Å². The van der Waals surface area contributed by atoms with Crippen LogP contribution in [0.2, 0.25) is 0 Å². The number of carbonyl (C=O) groups is 4. The number of hydrogen-bond acceptors (Lipinski definition) is 5. The average Bonchev–Trinajstić information content (AvgIpc) is 3.34. The SMILES string of the molecule is O=C1CCC(N2C(=O)c3cccc(F)c3C2=O)C(=O)N1CC(O)Cn1c2ccccc2c2ccccc21. The number of amides is 4. The Kier molecular flexibility index (Phi) is 5.38. The van der Waals surface area contributed by atoms with Gasteiger partial charge in [0.1, 0.15) is 11.9 Å². The lowest BCUT2D eigenvalue weighted by molar-refractivity contribution is -0.153. The predicted molar refractivity (Wildman–Crippen MR) is 132 cm³/mol.